The van der Waals surface area contributed by atoms with E-state index in [4.69, 9.17) is 14.7 Å². The number of ether oxygens (including phenoxy) is 1. The Bertz CT molecular complexity index is 1610. The summed E-state index contributed by atoms with van der Waals surface area (Å²) in [7, 11) is 0. The number of unbranched alkanes of at least 4 members (excludes halogenated alkanes) is 5. The van der Waals surface area contributed by atoms with E-state index in [1.807, 2.05) is 42.5 Å². The van der Waals surface area contributed by atoms with Gasteiger partial charge in [0, 0.05) is 34.0 Å². The summed E-state index contributed by atoms with van der Waals surface area (Å²) < 4.78 is 5.95. The quantitative estimate of drug-likeness (QED) is 0.118. The van der Waals surface area contributed by atoms with Crippen molar-refractivity contribution in [3.05, 3.63) is 90.5 Å². The minimum Gasteiger partial charge on any atom is -0.494 e. The number of amides is 1. The monoisotopic (exact) mass is 545 g/mol. The van der Waals surface area contributed by atoms with E-state index >= 15 is 0 Å². The van der Waals surface area contributed by atoms with Gasteiger partial charge in [-0.3, -0.25) is 4.79 Å². The molecule has 2 heterocycles. The Kier molecular flexibility index (Phi) is 9.58. The standard InChI is InChI=1S/C36H39N3O2/c1-3-5-7-8-9-24-41-31-19-15-26(16-20-31)32-21-17-27-13-14-28-18-22-33(39-35(28)34(27)38-32)29-11-10-12-30(25-29)36(40)37-23-6-4-2/h10-22,25H,3-9,23-24H2,1-2H3,(H,37,40). The Labute approximate surface area is 243 Å². The zero-order valence-corrected chi connectivity index (χ0v) is 24.2. The number of hydrogen-bond acceptors (Lipinski definition) is 4. The van der Waals surface area contributed by atoms with Crippen LogP contribution in [-0.2, 0) is 0 Å². The number of rotatable bonds is 13. The Morgan fingerprint density at radius 3 is 2.00 bits per heavy atom. The summed E-state index contributed by atoms with van der Waals surface area (Å²) in [5, 5.41) is 5.07. The van der Waals surface area contributed by atoms with Crippen LogP contribution in [0.15, 0.2) is 84.9 Å². The van der Waals surface area contributed by atoms with Crippen LogP contribution in [0, 0.1) is 0 Å². The number of nitrogens with one attached hydrogen (secondary N) is 1. The Morgan fingerprint density at radius 2 is 1.32 bits per heavy atom. The molecule has 5 rings (SSSR count). The van der Waals surface area contributed by atoms with Crippen LogP contribution in [0.5, 0.6) is 5.75 Å². The molecule has 5 heteroatoms. The van der Waals surface area contributed by atoms with E-state index in [2.05, 4.69) is 61.6 Å². The molecule has 210 valence electrons. The number of hydrogen-bond donors (Lipinski definition) is 1. The summed E-state index contributed by atoms with van der Waals surface area (Å²) >= 11 is 0. The lowest BCUT2D eigenvalue weighted by molar-refractivity contribution is 0.0953. The van der Waals surface area contributed by atoms with Crippen molar-refractivity contribution in [1.82, 2.24) is 15.3 Å². The van der Waals surface area contributed by atoms with Crippen molar-refractivity contribution in [3.63, 3.8) is 0 Å². The lowest BCUT2D eigenvalue weighted by Gasteiger charge is -2.10. The maximum Gasteiger partial charge on any atom is 0.251 e. The first-order valence-corrected chi connectivity index (χ1v) is 15.0. The van der Waals surface area contributed by atoms with Crippen LogP contribution in [0.1, 0.15) is 69.2 Å². The third-order valence-electron chi connectivity index (χ3n) is 7.42. The van der Waals surface area contributed by atoms with Crippen molar-refractivity contribution in [1.29, 1.82) is 0 Å². The van der Waals surface area contributed by atoms with Crippen molar-refractivity contribution in [2.45, 2.75) is 58.8 Å². The van der Waals surface area contributed by atoms with Crippen LogP contribution in [0.2, 0.25) is 0 Å². The Morgan fingerprint density at radius 1 is 0.683 bits per heavy atom. The highest BCUT2D eigenvalue weighted by Gasteiger charge is 2.11. The van der Waals surface area contributed by atoms with Gasteiger partial charge in [0.2, 0.25) is 0 Å². The fraction of sp³-hybridized carbons (Fsp3) is 0.306. The fourth-order valence-electron chi connectivity index (χ4n) is 5.01. The molecule has 1 N–H and O–H groups in total. The number of aromatic nitrogens is 2. The van der Waals surface area contributed by atoms with E-state index in [9.17, 15) is 4.79 Å². The summed E-state index contributed by atoms with van der Waals surface area (Å²) in [6.45, 7) is 5.78. The second-order valence-electron chi connectivity index (χ2n) is 10.6. The van der Waals surface area contributed by atoms with Crippen LogP contribution in [0.25, 0.3) is 44.3 Å². The van der Waals surface area contributed by atoms with Crippen LogP contribution < -0.4 is 10.1 Å². The summed E-state index contributed by atoms with van der Waals surface area (Å²) in [6.07, 6.45) is 8.15. The van der Waals surface area contributed by atoms with E-state index < -0.39 is 0 Å². The topological polar surface area (TPSA) is 64.1 Å². The molecule has 0 aliphatic carbocycles. The SMILES string of the molecule is CCCCCCCOc1ccc(-c2ccc3ccc4ccc(-c5cccc(C(=O)NCCCC)c5)nc4c3n2)cc1. The number of fused-ring (bicyclic) bond motifs is 3. The van der Waals surface area contributed by atoms with Gasteiger partial charge in [0.15, 0.2) is 0 Å². The third-order valence-corrected chi connectivity index (χ3v) is 7.42. The van der Waals surface area contributed by atoms with E-state index in [1.54, 1.807) is 0 Å². The molecule has 0 spiro atoms. The van der Waals surface area contributed by atoms with Gasteiger partial charge in [-0.15, -0.1) is 0 Å². The summed E-state index contributed by atoms with van der Waals surface area (Å²) in [5.41, 5.74) is 6.01. The van der Waals surface area contributed by atoms with Crippen LogP contribution in [0.3, 0.4) is 0 Å². The van der Waals surface area contributed by atoms with Crippen LogP contribution >= 0.6 is 0 Å². The number of carbonyl (C=O) groups excluding carboxylic acids is 1. The van der Waals surface area contributed by atoms with Gasteiger partial charge >= 0.3 is 0 Å². The fourth-order valence-corrected chi connectivity index (χ4v) is 5.01. The van der Waals surface area contributed by atoms with Crippen LogP contribution in [0.4, 0.5) is 0 Å². The highest BCUT2D eigenvalue weighted by atomic mass is 16.5. The molecular weight excluding hydrogens is 506 g/mol. The second kappa shape index (κ2) is 13.9. The van der Waals surface area contributed by atoms with Crippen molar-refractivity contribution in [3.8, 4) is 28.3 Å². The maximum absolute atomic E-state index is 12.6. The third kappa shape index (κ3) is 7.10. The average molecular weight is 546 g/mol. The number of nitrogens with zero attached hydrogens (tertiary/aromatic N) is 2. The molecular formula is C36H39N3O2. The van der Waals surface area contributed by atoms with E-state index in [0.29, 0.717) is 12.1 Å². The van der Waals surface area contributed by atoms with Gasteiger partial charge in [-0.2, -0.15) is 0 Å². The van der Waals surface area contributed by atoms with Gasteiger partial charge < -0.3 is 10.1 Å². The smallest absolute Gasteiger partial charge is 0.251 e. The van der Waals surface area contributed by atoms with Crippen molar-refractivity contribution in [2.24, 2.45) is 0 Å². The van der Waals surface area contributed by atoms with Crippen molar-refractivity contribution >= 4 is 27.7 Å². The highest BCUT2D eigenvalue weighted by Crippen LogP contribution is 2.29. The molecule has 1 amide bonds. The van der Waals surface area contributed by atoms with E-state index in [1.165, 1.54) is 25.7 Å². The summed E-state index contributed by atoms with van der Waals surface area (Å²) in [6, 6.07) is 28.3. The van der Waals surface area contributed by atoms with Crippen molar-refractivity contribution < 1.29 is 9.53 Å². The molecule has 0 aliphatic heterocycles. The minimum atomic E-state index is -0.0544. The predicted octanol–water partition coefficient (Wildman–Crippen LogP) is 9.00. The molecule has 0 unspecified atom stereocenters. The molecule has 0 aliphatic rings. The summed E-state index contributed by atoms with van der Waals surface area (Å²) in [5.74, 6) is 0.837. The molecule has 41 heavy (non-hydrogen) atoms. The zero-order valence-electron chi connectivity index (χ0n) is 24.2. The maximum atomic E-state index is 12.6. The lowest BCUT2D eigenvalue weighted by atomic mass is 10.0. The molecule has 0 radical (unpaired) electrons. The zero-order chi connectivity index (χ0) is 28.4. The first-order valence-electron chi connectivity index (χ1n) is 15.0. The van der Waals surface area contributed by atoms with Gasteiger partial charge in [0.25, 0.3) is 5.91 Å². The van der Waals surface area contributed by atoms with Gasteiger partial charge in [0.05, 0.1) is 29.0 Å². The summed E-state index contributed by atoms with van der Waals surface area (Å²) in [4.78, 5) is 22.7. The molecule has 5 nitrogen and oxygen atoms in total. The average Bonchev–Trinajstić information content (AvgIpc) is 3.02. The largest absolute Gasteiger partial charge is 0.494 e. The van der Waals surface area contributed by atoms with Crippen molar-refractivity contribution in [2.75, 3.05) is 13.2 Å². The van der Waals surface area contributed by atoms with Gasteiger partial charge in [-0.25, -0.2) is 9.97 Å². The Hall–Kier alpha value is -4.25. The molecule has 5 aromatic rings. The first-order chi connectivity index (χ1) is 20.2. The first kappa shape index (κ1) is 28.3. The highest BCUT2D eigenvalue weighted by molar-refractivity contribution is 6.04. The van der Waals surface area contributed by atoms with Gasteiger partial charge in [0.1, 0.15) is 5.75 Å². The normalized spacial score (nSPS) is 11.2. The number of benzene rings is 3. The van der Waals surface area contributed by atoms with Gasteiger partial charge in [-0.1, -0.05) is 82.3 Å². The molecule has 0 saturated carbocycles. The molecule has 0 bridgehead atoms. The van der Waals surface area contributed by atoms with E-state index in [0.717, 1.165) is 75.9 Å². The predicted molar refractivity (Wildman–Crippen MR) is 169 cm³/mol. The number of pyridine rings is 2. The second-order valence-corrected chi connectivity index (χ2v) is 10.6. The molecule has 0 saturated heterocycles. The molecule has 3 aromatic carbocycles. The van der Waals surface area contributed by atoms with E-state index in [-0.39, 0.29) is 5.91 Å². The molecule has 0 fully saturated rings. The minimum absolute atomic E-state index is 0.0544. The molecule has 0 atom stereocenters. The Balaban J connectivity index is 1.38. The lowest BCUT2D eigenvalue weighted by Crippen LogP contribution is -2.24. The molecule has 2 aromatic heterocycles. The number of carbonyl (C=O) groups is 1. The van der Waals surface area contributed by atoms with Crippen LogP contribution in [-0.4, -0.2) is 29.0 Å². The van der Waals surface area contributed by atoms with Gasteiger partial charge in [-0.05, 0) is 61.4 Å².